The molecule has 10 nitrogen and oxygen atoms in total. The normalized spacial score (nSPS) is 11.8. The molecule has 4 aromatic heterocycles. The molecule has 4 heterocycles. The summed E-state index contributed by atoms with van der Waals surface area (Å²) < 4.78 is 14.5. The summed E-state index contributed by atoms with van der Waals surface area (Å²) in [5.74, 6) is -0.760. The zero-order chi connectivity index (χ0) is 30.1. The average molecular weight is 579 g/mol. The Kier molecular flexibility index (Phi) is 7.35. The highest BCUT2D eigenvalue weighted by molar-refractivity contribution is 6.05. The van der Waals surface area contributed by atoms with Gasteiger partial charge < -0.3 is 19.5 Å². The SMILES string of the molecule is Cc1cc(CC(Cc2cc(C)nn2C)(C(=O)NCc2ccc3occc3c2)C(=O)NCc2ccc3ccoc3c2)n(C)n1. The molecule has 0 aliphatic carbocycles. The van der Waals surface area contributed by atoms with E-state index in [9.17, 15) is 9.59 Å². The monoisotopic (exact) mass is 578 g/mol. The van der Waals surface area contributed by atoms with Crippen molar-refractivity contribution in [3.63, 3.8) is 0 Å². The molecule has 0 aliphatic heterocycles. The largest absolute Gasteiger partial charge is 0.464 e. The quantitative estimate of drug-likeness (QED) is 0.228. The predicted molar refractivity (Wildman–Crippen MR) is 162 cm³/mol. The second-order valence-corrected chi connectivity index (χ2v) is 11.2. The van der Waals surface area contributed by atoms with Crippen molar-refractivity contribution in [3.8, 4) is 0 Å². The number of aromatic nitrogens is 4. The van der Waals surface area contributed by atoms with Crippen LogP contribution in [0.1, 0.15) is 33.9 Å². The number of nitrogens with one attached hydrogen (secondary N) is 2. The zero-order valence-electron chi connectivity index (χ0n) is 24.7. The third-order valence-corrected chi connectivity index (χ3v) is 7.98. The minimum Gasteiger partial charge on any atom is -0.464 e. The summed E-state index contributed by atoms with van der Waals surface area (Å²) in [6.45, 7) is 4.27. The van der Waals surface area contributed by atoms with Gasteiger partial charge in [0.1, 0.15) is 16.6 Å². The number of rotatable bonds is 10. The Bertz CT molecular complexity index is 1800. The number of furan rings is 2. The Morgan fingerprint density at radius 3 is 1.81 bits per heavy atom. The van der Waals surface area contributed by atoms with Crippen molar-refractivity contribution in [2.24, 2.45) is 19.5 Å². The van der Waals surface area contributed by atoms with Gasteiger partial charge in [-0.05, 0) is 67.4 Å². The molecule has 0 radical (unpaired) electrons. The third-order valence-electron chi connectivity index (χ3n) is 7.98. The van der Waals surface area contributed by atoms with Crippen molar-refractivity contribution in [1.82, 2.24) is 30.2 Å². The smallest absolute Gasteiger partial charge is 0.236 e. The number of nitrogens with zero attached hydrogens (tertiary/aromatic N) is 4. The van der Waals surface area contributed by atoms with Gasteiger partial charge in [0.05, 0.1) is 23.9 Å². The van der Waals surface area contributed by atoms with Crippen LogP contribution in [0.15, 0.2) is 82.0 Å². The summed E-state index contributed by atoms with van der Waals surface area (Å²) in [5.41, 5.74) is 4.94. The first kappa shape index (κ1) is 28.0. The van der Waals surface area contributed by atoms with Crippen LogP contribution in [0, 0.1) is 19.3 Å². The number of fused-ring (bicyclic) bond motifs is 2. The van der Waals surface area contributed by atoms with Gasteiger partial charge >= 0.3 is 0 Å². The van der Waals surface area contributed by atoms with Crippen LogP contribution in [-0.4, -0.2) is 31.4 Å². The first-order valence-electron chi connectivity index (χ1n) is 14.2. The van der Waals surface area contributed by atoms with Gasteiger partial charge in [0, 0.05) is 62.2 Å². The van der Waals surface area contributed by atoms with E-state index < -0.39 is 5.41 Å². The lowest BCUT2D eigenvalue weighted by Crippen LogP contribution is -2.54. The van der Waals surface area contributed by atoms with Gasteiger partial charge in [-0.1, -0.05) is 18.2 Å². The maximum Gasteiger partial charge on any atom is 0.236 e. The number of amides is 2. The highest BCUT2D eigenvalue weighted by atomic mass is 16.3. The number of hydrogen-bond acceptors (Lipinski definition) is 6. The van der Waals surface area contributed by atoms with Crippen LogP contribution in [0.4, 0.5) is 0 Å². The van der Waals surface area contributed by atoms with Crippen LogP contribution >= 0.6 is 0 Å². The van der Waals surface area contributed by atoms with E-state index >= 15 is 0 Å². The Morgan fingerprint density at radius 2 is 1.23 bits per heavy atom. The van der Waals surface area contributed by atoms with Gasteiger partial charge in [0.15, 0.2) is 0 Å². The number of hydrogen-bond donors (Lipinski definition) is 2. The fourth-order valence-corrected chi connectivity index (χ4v) is 5.70. The van der Waals surface area contributed by atoms with Crippen molar-refractivity contribution >= 4 is 33.8 Å². The molecule has 2 aromatic carbocycles. The molecular formula is C33H34N6O4. The molecule has 0 aliphatic rings. The van der Waals surface area contributed by atoms with E-state index in [4.69, 9.17) is 8.83 Å². The fraction of sp³-hybridized carbons (Fsp3) is 0.273. The second kappa shape index (κ2) is 11.3. The van der Waals surface area contributed by atoms with Gasteiger partial charge in [0.25, 0.3) is 0 Å². The van der Waals surface area contributed by atoms with Crippen molar-refractivity contribution in [2.45, 2.75) is 39.8 Å². The molecule has 2 N–H and O–H groups in total. The van der Waals surface area contributed by atoms with Crippen molar-refractivity contribution < 1.29 is 18.4 Å². The molecule has 6 aromatic rings. The van der Waals surface area contributed by atoms with Crippen LogP contribution in [0.5, 0.6) is 0 Å². The maximum atomic E-state index is 14.4. The molecule has 6 rings (SSSR count). The Balaban J connectivity index is 1.35. The molecule has 0 atom stereocenters. The van der Waals surface area contributed by atoms with Crippen LogP contribution in [0.25, 0.3) is 21.9 Å². The molecule has 2 amide bonds. The molecule has 0 unspecified atom stereocenters. The topological polar surface area (TPSA) is 120 Å². The maximum absolute atomic E-state index is 14.4. The van der Waals surface area contributed by atoms with Gasteiger partial charge in [-0.15, -0.1) is 0 Å². The highest BCUT2D eigenvalue weighted by Crippen LogP contribution is 2.31. The fourth-order valence-electron chi connectivity index (χ4n) is 5.70. The lowest BCUT2D eigenvalue weighted by molar-refractivity contribution is -0.144. The van der Waals surface area contributed by atoms with Crippen LogP contribution < -0.4 is 10.6 Å². The molecule has 0 spiro atoms. The van der Waals surface area contributed by atoms with Gasteiger partial charge in [0.2, 0.25) is 11.8 Å². The molecular weight excluding hydrogens is 544 g/mol. The van der Waals surface area contributed by atoms with Crippen molar-refractivity contribution in [3.05, 3.63) is 107 Å². The molecule has 43 heavy (non-hydrogen) atoms. The van der Waals surface area contributed by atoms with Crippen LogP contribution in [0.3, 0.4) is 0 Å². The number of carbonyl (C=O) groups is 2. The van der Waals surface area contributed by atoms with Gasteiger partial charge in [-0.25, -0.2) is 0 Å². The average Bonchev–Trinajstić information content (AvgIpc) is 3.77. The number of carbonyl (C=O) groups excluding carboxylic acids is 2. The standard InChI is InChI=1S/C33H34N6O4/c1-21-13-27(38(3)36-21)17-33(18-28-14-22(2)37-39(28)4,31(40)34-19-23-6-8-29-26(15-23)10-12-42-29)32(41)35-20-24-5-7-25-9-11-43-30(25)16-24/h5-16H,17-20H2,1-4H3,(H,34,40)(H,35,41). The molecule has 0 fully saturated rings. The summed E-state index contributed by atoms with van der Waals surface area (Å²) in [7, 11) is 3.66. The summed E-state index contributed by atoms with van der Waals surface area (Å²) in [6, 6.07) is 19.2. The molecule has 0 saturated heterocycles. The van der Waals surface area contributed by atoms with Crippen molar-refractivity contribution in [1.29, 1.82) is 0 Å². The molecule has 10 heteroatoms. The number of benzene rings is 2. The van der Waals surface area contributed by atoms with E-state index in [2.05, 4.69) is 20.8 Å². The zero-order valence-corrected chi connectivity index (χ0v) is 24.7. The lowest BCUT2D eigenvalue weighted by atomic mass is 9.76. The van der Waals surface area contributed by atoms with E-state index in [1.54, 1.807) is 21.9 Å². The Labute approximate surface area is 248 Å². The van der Waals surface area contributed by atoms with E-state index in [0.717, 1.165) is 55.8 Å². The summed E-state index contributed by atoms with van der Waals surface area (Å²) in [4.78, 5) is 28.8. The first-order valence-corrected chi connectivity index (χ1v) is 14.2. The van der Waals surface area contributed by atoms with Gasteiger partial charge in [-0.2, -0.15) is 10.2 Å². The van der Waals surface area contributed by atoms with E-state index in [-0.39, 0.29) is 37.7 Å². The van der Waals surface area contributed by atoms with E-state index in [1.165, 1.54) is 0 Å². The predicted octanol–water partition coefficient (Wildman–Crippen LogP) is 4.67. The van der Waals surface area contributed by atoms with Gasteiger partial charge in [-0.3, -0.25) is 19.0 Å². The van der Waals surface area contributed by atoms with Crippen LogP contribution in [-0.2, 0) is 49.6 Å². The molecule has 220 valence electrons. The third kappa shape index (κ3) is 5.68. The van der Waals surface area contributed by atoms with Crippen molar-refractivity contribution in [2.75, 3.05) is 0 Å². The molecule has 0 saturated carbocycles. The number of aryl methyl sites for hydroxylation is 4. The summed E-state index contributed by atoms with van der Waals surface area (Å²) in [6.07, 6.45) is 3.56. The minimum atomic E-state index is -1.50. The lowest BCUT2D eigenvalue weighted by Gasteiger charge is -2.31. The van der Waals surface area contributed by atoms with E-state index in [1.807, 2.05) is 88.6 Å². The minimum absolute atomic E-state index is 0.143. The Hall–Kier alpha value is -5.12. The first-order chi connectivity index (χ1) is 20.7. The van der Waals surface area contributed by atoms with Crippen LogP contribution in [0.2, 0.25) is 0 Å². The summed E-state index contributed by atoms with van der Waals surface area (Å²) in [5, 5.41) is 17.1. The summed E-state index contributed by atoms with van der Waals surface area (Å²) >= 11 is 0. The Morgan fingerprint density at radius 1 is 0.698 bits per heavy atom. The van der Waals surface area contributed by atoms with E-state index in [0.29, 0.717) is 0 Å². The second-order valence-electron chi connectivity index (χ2n) is 11.2. The molecule has 0 bridgehead atoms. The highest BCUT2D eigenvalue weighted by Gasteiger charge is 2.47.